The minimum atomic E-state index is -0.293. The number of hydrazine groups is 1. The highest BCUT2D eigenvalue weighted by molar-refractivity contribution is 5.95. The van der Waals surface area contributed by atoms with E-state index in [2.05, 4.69) is 15.8 Å². The van der Waals surface area contributed by atoms with Gasteiger partial charge in [0.05, 0.1) is 14.2 Å². The lowest BCUT2D eigenvalue weighted by Crippen LogP contribution is -2.54. The van der Waals surface area contributed by atoms with Crippen molar-refractivity contribution in [2.75, 3.05) is 40.4 Å². The van der Waals surface area contributed by atoms with Crippen LogP contribution in [-0.4, -0.2) is 73.0 Å². The van der Waals surface area contributed by atoms with E-state index in [1.165, 1.54) is 0 Å². The van der Waals surface area contributed by atoms with Gasteiger partial charge in [-0.3, -0.25) is 14.6 Å². The Balaban J connectivity index is 1.32. The van der Waals surface area contributed by atoms with Crippen molar-refractivity contribution in [3.63, 3.8) is 0 Å². The Bertz CT molecular complexity index is 931. The van der Waals surface area contributed by atoms with Crippen molar-refractivity contribution in [2.24, 2.45) is 0 Å². The number of nitrogens with zero attached hydrogens (tertiary/aromatic N) is 3. The molecule has 2 N–H and O–H groups in total. The zero-order valence-electron chi connectivity index (χ0n) is 17.7. The largest absolute Gasteiger partial charge is 0.493 e. The molecule has 3 heterocycles. The van der Waals surface area contributed by atoms with Crippen LogP contribution >= 0.6 is 0 Å². The standard InChI is InChI=1S/C22H27N5O4/c1-30-19-6-5-15(12-20(19)31-2)21(28)26-8-10-27(11-9-26)22(29)18-13-17(24-25-18)16-4-3-7-23-14-16/h3-7,12,14,17-18,24-25H,8-11,13H2,1-2H3. The summed E-state index contributed by atoms with van der Waals surface area (Å²) in [4.78, 5) is 33.6. The number of piperazine rings is 1. The zero-order valence-corrected chi connectivity index (χ0v) is 17.7. The van der Waals surface area contributed by atoms with Crippen LogP contribution < -0.4 is 20.3 Å². The van der Waals surface area contributed by atoms with Gasteiger partial charge in [0.25, 0.3) is 5.91 Å². The average molecular weight is 425 g/mol. The van der Waals surface area contributed by atoms with E-state index in [-0.39, 0.29) is 23.9 Å². The summed E-state index contributed by atoms with van der Waals surface area (Å²) < 4.78 is 10.5. The number of pyridine rings is 1. The number of amides is 2. The molecule has 2 amide bonds. The fourth-order valence-corrected chi connectivity index (χ4v) is 4.02. The van der Waals surface area contributed by atoms with E-state index >= 15 is 0 Å². The van der Waals surface area contributed by atoms with E-state index in [1.54, 1.807) is 43.5 Å². The van der Waals surface area contributed by atoms with Crippen molar-refractivity contribution in [2.45, 2.75) is 18.5 Å². The second kappa shape index (κ2) is 9.32. The Morgan fingerprint density at radius 2 is 1.74 bits per heavy atom. The van der Waals surface area contributed by atoms with Gasteiger partial charge in [-0.05, 0) is 36.2 Å². The highest BCUT2D eigenvalue weighted by atomic mass is 16.5. The predicted molar refractivity (Wildman–Crippen MR) is 114 cm³/mol. The van der Waals surface area contributed by atoms with E-state index in [0.717, 1.165) is 5.56 Å². The molecule has 2 fully saturated rings. The van der Waals surface area contributed by atoms with Crippen molar-refractivity contribution in [1.29, 1.82) is 0 Å². The van der Waals surface area contributed by atoms with Crippen LogP contribution in [0.15, 0.2) is 42.7 Å². The maximum Gasteiger partial charge on any atom is 0.254 e. The minimum absolute atomic E-state index is 0.0515. The van der Waals surface area contributed by atoms with Gasteiger partial charge in [0.15, 0.2) is 11.5 Å². The summed E-state index contributed by atoms with van der Waals surface area (Å²) in [5, 5.41) is 0. The summed E-state index contributed by atoms with van der Waals surface area (Å²) in [5.74, 6) is 1.07. The first-order valence-corrected chi connectivity index (χ1v) is 10.3. The van der Waals surface area contributed by atoms with Crippen molar-refractivity contribution in [3.05, 3.63) is 53.9 Å². The van der Waals surface area contributed by atoms with Crippen LogP contribution in [0.3, 0.4) is 0 Å². The molecule has 0 saturated carbocycles. The molecule has 9 nitrogen and oxygen atoms in total. The summed E-state index contributed by atoms with van der Waals surface area (Å²) in [6.07, 6.45) is 4.21. The van der Waals surface area contributed by atoms with Gasteiger partial charge in [-0.25, -0.2) is 10.9 Å². The van der Waals surface area contributed by atoms with Crippen LogP contribution in [0.2, 0.25) is 0 Å². The second-order valence-electron chi connectivity index (χ2n) is 7.60. The number of hydrogen-bond acceptors (Lipinski definition) is 7. The van der Waals surface area contributed by atoms with E-state index in [9.17, 15) is 9.59 Å². The molecule has 2 aliphatic rings. The van der Waals surface area contributed by atoms with Crippen molar-refractivity contribution in [3.8, 4) is 11.5 Å². The Hall–Kier alpha value is -3.17. The number of nitrogens with one attached hydrogen (secondary N) is 2. The molecule has 1 aromatic heterocycles. The number of hydrogen-bond donors (Lipinski definition) is 2. The maximum atomic E-state index is 13.0. The van der Waals surface area contributed by atoms with Gasteiger partial charge < -0.3 is 19.3 Å². The quantitative estimate of drug-likeness (QED) is 0.738. The summed E-state index contributed by atoms with van der Waals surface area (Å²) in [5.41, 5.74) is 7.89. The third-order valence-corrected chi connectivity index (χ3v) is 5.80. The van der Waals surface area contributed by atoms with Gasteiger partial charge >= 0.3 is 0 Å². The second-order valence-corrected chi connectivity index (χ2v) is 7.60. The van der Waals surface area contributed by atoms with Gasteiger partial charge in [0.1, 0.15) is 6.04 Å². The predicted octanol–water partition coefficient (Wildman–Crippen LogP) is 0.991. The van der Waals surface area contributed by atoms with Gasteiger partial charge in [-0.15, -0.1) is 0 Å². The SMILES string of the molecule is COc1ccc(C(=O)N2CCN(C(=O)C3CC(c4cccnc4)NN3)CC2)cc1OC. The maximum absolute atomic E-state index is 13.0. The van der Waals surface area contributed by atoms with Gasteiger partial charge in [0.2, 0.25) is 5.91 Å². The molecule has 0 radical (unpaired) electrons. The molecule has 2 aromatic rings. The first kappa shape index (κ1) is 21.1. The van der Waals surface area contributed by atoms with Crippen LogP contribution in [0.4, 0.5) is 0 Å². The summed E-state index contributed by atoms with van der Waals surface area (Å²) in [6.45, 7) is 2.00. The Morgan fingerprint density at radius 1 is 1.00 bits per heavy atom. The number of methoxy groups -OCH3 is 2. The summed E-state index contributed by atoms with van der Waals surface area (Å²) in [7, 11) is 3.10. The van der Waals surface area contributed by atoms with E-state index in [0.29, 0.717) is 49.7 Å². The fourth-order valence-electron chi connectivity index (χ4n) is 4.02. The number of carbonyl (C=O) groups excluding carboxylic acids is 2. The topological polar surface area (TPSA) is 96.0 Å². The Kier molecular flexibility index (Phi) is 6.34. The molecule has 9 heteroatoms. The normalized spacial score (nSPS) is 21.1. The van der Waals surface area contributed by atoms with Crippen molar-refractivity contribution >= 4 is 11.8 Å². The molecule has 164 valence electrons. The van der Waals surface area contributed by atoms with Crippen LogP contribution in [0.1, 0.15) is 28.4 Å². The molecule has 4 rings (SSSR count). The van der Waals surface area contributed by atoms with E-state index in [1.807, 2.05) is 23.2 Å². The number of aromatic nitrogens is 1. The van der Waals surface area contributed by atoms with Crippen molar-refractivity contribution < 1.29 is 19.1 Å². The van der Waals surface area contributed by atoms with Crippen LogP contribution in [0.25, 0.3) is 0 Å². The van der Waals surface area contributed by atoms with Crippen LogP contribution in [0, 0.1) is 0 Å². The number of ether oxygens (including phenoxy) is 2. The first-order chi connectivity index (χ1) is 15.1. The summed E-state index contributed by atoms with van der Waals surface area (Å²) in [6, 6.07) is 8.79. The smallest absolute Gasteiger partial charge is 0.254 e. The third kappa shape index (κ3) is 4.47. The number of rotatable bonds is 5. The number of benzene rings is 1. The van der Waals surface area contributed by atoms with E-state index in [4.69, 9.17) is 9.47 Å². The lowest BCUT2D eigenvalue weighted by atomic mass is 10.0. The van der Waals surface area contributed by atoms with Gasteiger partial charge in [0, 0.05) is 50.2 Å². The Morgan fingerprint density at radius 3 is 2.42 bits per heavy atom. The molecule has 0 spiro atoms. The minimum Gasteiger partial charge on any atom is -0.493 e. The third-order valence-electron chi connectivity index (χ3n) is 5.80. The molecular formula is C22H27N5O4. The fraction of sp³-hybridized carbons (Fsp3) is 0.409. The molecule has 2 unspecified atom stereocenters. The molecule has 2 aliphatic heterocycles. The molecule has 0 bridgehead atoms. The average Bonchev–Trinajstić information content (AvgIpc) is 3.33. The zero-order chi connectivity index (χ0) is 21.8. The summed E-state index contributed by atoms with van der Waals surface area (Å²) >= 11 is 0. The van der Waals surface area contributed by atoms with Gasteiger partial charge in [-0.2, -0.15) is 0 Å². The monoisotopic (exact) mass is 425 g/mol. The highest BCUT2D eigenvalue weighted by Gasteiger charge is 2.34. The lowest BCUT2D eigenvalue weighted by molar-refractivity contribution is -0.134. The van der Waals surface area contributed by atoms with Crippen molar-refractivity contribution in [1.82, 2.24) is 25.6 Å². The highest BCUT2D eigenvalue weighted by Crippen LogP contribution is 2.28. The molecule has 2 saturated heterocycles. The molecule has 31 heavy (non-hydrogen) atoms. The Labute approximate surface area is 181 Å². The van der Waals surface area contributed by atoms with Crippen LogP contribution in [-0.2, 0) is 4.79 Å². The number of carbonyl (C=O) groups is 2. The van der Waals surface area contributed by atoms with Crippen LogP contribution in [0.5, 0.6) is 11.5 Å². The molecule has 1 aromatic carbocycles. The van der Waals surface area contributed by atoms with Gasteiger partial charge in [-0.1, -0.05) is 6.07 Å². The molecular weight excluding hydrogens is 398 g/mol. The lowest BCUT2D eigenvalue weighted by Gasteiger charge is -2.36. The first-order valence-electron chi connectivity index (χ1n) is 10.3. The molecule has 2 atom stereocenters. The van der Waals surface area contributed by atoms with E-state index < -0.39 is 0 Å². The molecule has 0 aliphatic carbocycles.